The number of thioether (sulfide) groups is 1. The van der Waals surface area contributed by atoms with E-state index in [9.17, 15) is 8.76 Å². The monoisotopic (exact) mass is 485 g/mol. The largest absolute Gasteiger partial charge is 0.322 e. The topological polar surface area (TPSA) is 95.0 Å². The Kier molecular flexibility index (Phi) is 6.02. The standard InChI is InChI=1S/C25H19N5O2S2/c1-29-22-12-11-20(30(34(31)32)23-6-2-4-19-5-3-13-27-24(19)23)14-21(22)28-25(29)33-16-18-9-7-17(15-26)8-10-18/h2-14H,16H2,1H3,(H,31,32). The summed E-state index contributed by atoms with van der Waals surface area (Å²) < 4.78 is 26.0. The molecule has 168 valence electrons. The van der Waals surface area contributed by atoms with Gasteiger partial charge in [0.1, 0.15) is 0 Å². The molecule has 7 nitrogen and oxygen atoms in total. The van der Waals surface area contributed by atoms with Crippen LogP contribution in [0.5, 0.6) is 0 Å². The number of benzene rings is 3. The van der Waals surface area contributed by atoms with Crippen molar-refractivity contribution in [2.75, 3.05) is 4.31 Å². The summed E-state index contributed by atoms with van der Waals surface area (Å²) in [6.45, 7) is 0. The van der Waals surface area contributed by atoms with E-state index in [1.165, 1.54) is 4.31 Å². The van der Waals surface area contributed by atoms with E-state index in [0.29, 0.717) is 28.2 Å². The second-order valence-electron chi connectivity index (χ2n) is 7.60. The summed E-state index contributed by atoms with van der Waals surface area (Å²) in [5.41, 5.74) is 5.13. The lowest BCUT2D eigenvalue weighted by atomic mass is 10.2. The van der Waals surface area contributed by atoms with Gasteiger partial charge in [-0.25, -0.2) is 13.5 Å². The maximum atomic E-state index is 12.4. The van der Waals surface area contributed by atoms with E-state index in [1.807, 2.05) is 78.3 Å². The van der Waals surface area contributed by atoms with Crippen molar-refractivity contribution in [1.82, 2.24) is 14.5 Å². The first-order chi connectivity index (χ1) is 16.5. The average molecular weight is 486 g/mol. The molecule has 0 amide bonds. The molecule has 2 heterocycles. The second-order valence-corrected chi connectivity index (χ2v) is 9.37. The summed E-state index contributed by atoms with van der Waals surface area (Å²) in [5, 5.41) is 10.7. The van der Waals surface area contributed by atoms with Crippen molar-refractivity contribution in [2.24, 2.45) is 7.05 Å². The van der Waals surface area contributed by atoms with E-state index in [1.54, 1.807) is 24.0 Å². The molecule has 1 atom stereocenters. The number of rotatable bonds is 6. The molecule has 0 aliphatic carbocycles. The van der Waals surface area contributed by atoms with Gasteiger partial charge in [0.05, 0.1) is 39.6 Å². The molecule has 0 aliphatic heterocycles. The highest BCUT2D eigenvalue weighted by atomic mass is 32.2. The van der Waals surface area contributed by atoms with Gasteiger partial charge in [-0.2, -0.15) is 5.26 Å². The Morgan fingerprint density at radius 2 is 1.91 bits per heavy atom. The van der Waals surface area contributed by atoms with Crippen molar-refractivity contribution in [3.63, 3.8) is 0 Å². The Morgan fingerprint density at radius 1 is 1.12 bits per heavy atom. The first-order valence-electron chi connectivity index (χ1n) is 10.4. The number of nitriles is 1. The van der Waals surface area contributed by atoms with Gasteiger partial charge in [0.15, 0.2) is 5.16 Å². The number of hydrogen-bond donors (Lipinski definition) is 1. The Balaban J connectivity index is 1.49. The molecule has 1 unspecified atom stereocenters. The molecule has 5 rings (SSSR count). The second kappa shape index (κ2) is 9.27. The lowest BCUT2D eigenvalue weighted by molar-refractivity contribution is 0.564. The van der Waals surface area contributed by atoms with Crippen molar-refractivity contribution in [2.45, 2.75) is 10.9 Å². The van der Waals surface area contributed by atoms with Crippen LogP contribution >= 0.6 is 11.8 Å². The molecule has 5 aromatic rings. The molecule has 0 fully saturated rings. The lowest BCUT2D eigenvalue weighted by Gasteiger charge is -2.21. The molecule has 0 spiro atoms. The van der Waals surface area contributed by atoms with Crippen LogP contribution in [0.3, 0.4) is 0 Å². The van der Waals surface area contributed by atoms with Crippen LogP contribution in [0.1, 0.15) is 11.1 Å². The van der Waals surface area contributed by atoms with Crippen LogP contribution < -0.4 is 4.31 Å². The third-order valence-electron chi connectivity index (χ3n) is 5.50. The molecule has 0 bridgehead atoms. The predicted octanol–water partition coefficient (Wildman–Crippen LogP) is 5.56. The number of nitrogens with zero attached hydrogens (tertiary/aromatic N) is 5. The van der Waals surface area contributed by atoms with E-state index >= 15 is 0 Å². The molecule has 0 saturated heterocycles. The van der Waals surface area contributed by atoms with Gasteiger partial charge in [0.2, 0.25) is 0 Å². The maximum absolute atomic E-state index is 12.4. The van der Waals surface area contributed by atoms with Crippen molar-refractivity contribution in [3.8, 4) is 6.07 Å². The molecule has 3 aromatic carbocycles. The van der Waals surface area contributed by atoms with Crippen LogP contribution in [0.2, 0.25) is 0 Å². The van der Waals surface area contributed by atoms with Crippen LogP contribution in [0, 0.1) is 11.3 Å². The third kappa shape index (κ3) is 4.15. The summed E-state index contributed by atoms with van der Waals surface area (Å²) in [6, 6.07) is 24.5. The van der Waals surface area contributed by atoms with Crippen LogP contribution in [0.4, 0.5) is 11.4 Å². The minimum Gasteiger partial charge on any atom is -0.322 e. The SMILES string of the molecule is Cn1c(SCc2ccc(C#N)cc2)nc2cc(N(c3cccc4cccnc34)S(=O)O)ccc21. The Labute approximate surface area is 203 Å². The summed E-state index contributed by atoms with van der Waals surface area (Å²) in [6.07, 6.45) is 1.67. The van der Waals surface area contributed by atoms with E-state index < -0.39 is 11.3 Å². The fraction of sp³-hybridized carbons (Fsp3) is 0.0800. The van der Waals surface area contributed by atoms with Crippen LogP contribution in [-0.4, -0.2) is 23.3 Å². The number of pyridine rings is 1. The van der Waals surface area contributed by atoms with E-state index in [-0.39, 0.29) is 0 Å². The molecule has 0 radical (unpaired) electrons. The molecule has 2 aromatic heterocycles. The minimum atomic E-state index is -2.30. The minimum absolute atomic E-state index is 0.546. The quantitative estimate of drug-likeness (QED) is 0.250. The van der Waals surface area contributed by atoms with Gasteiger partial charge in [-0.15, -0.1) is 0 Å². The summed E-state index contributed by atoms with van der Waals surface area (Å²) in [4.78, 5) is 9.20. The zero-order valence-corrected chi connectivity index (χ0v) is 19.8. The zero-order chi connectivity index (χ0) is 23.7. The van der Waals surface area contributed by atoms with Gasteiger partial charge in [-0.05, 0) is 48.0 Å². The number of fused-ring (bicyclic) bond motifs is 2. The zero-order valence-electron chi connectivity index (χ0n) is 18.1. The number of aryl methyl sites for hydroxylation is 1. The molecular formula is C25H19N5O2S2. The van der Waals surface area contributed by atoms with Crippen molar-refractivity contribution >= 4 is 56.3 Å². The summed E-state index contributed by atoms with van der Waals surface area (Å²) in [7, 11) is 1.95. The number of hydrogen-bond acceptors (Lipinski definition) is 5. The number of para-hydroxylation sites is 1. The van der Waals surface area contributed by atoms with E-state index in [0.717, 1.165) is 27.1 Å². The third-order valence-corrected chi connectivity index (χ3v) is 7.32. The first kappa shape index (κ1) is 22.1. The van der Waals surface area contributed by atoms with Gasteiger partial charge in [0, 0.05) is 24.4 Å². The molecule has 9 heteroatoms. The first-order valence-corrected chi connectivity index (χ1v) is 12.4. The molecule has 1 N–H and O–H groups in total. The molecule has 0 aliphatic rings. The summed E-state index contributed by atoms with van der Waals surface area (Å²) >= 11 is -0.709. The Morgan fingerprint density at radius 3 is 2.68 bits per heavy atom. The van der Waals surface area contributed by atoms with Gasteiger partial charge < -0.3 is 4.57 Å². The number of anilines is 2. The molecule has 0 saturated carbocycles. The molecule has 34 heavy (non-hydrogen) atoms. The number of imidazole rings is 1. The Bertz CT molecular complexity index is 1570. The van der Waals surface area contributed by atoms with Gasteiger partial charge >= 0.3 is 0 Å². The van der Waals surface area contributed by atoms with E-state index in [2.05, 4.69) is 11.1 Å². The Hall–Kier alpha value is -3.71. The maximum Gasteiger partial charge on any atom is 0.266 e. The van der Waals surface area contributed by atoms with E-state index in [4.69, 9.17) is 10.2 Å². The van der Waals surface area contributed by atoms with Crippen molar-refractivity contribution in [1.29, 1.82) is 5.26 Å². The normalized spacial score (nSPS) is 12.0. The highest BCUT2D eigenvalue weighted by Crippen LogP contribution is 2.35. The molecular weight excluding hydrogens is 466 g/mol. The smallest absolute Gasteiger partial charge is 0.266 e. The van der Waals surface area contributed by atoms with Crippen molar-refractivity contribution in [3.05, 3.63) is 90.1 Å². The van der Waals surface area contributed by atoms with Gasteiger partial charge in [-0.3, -0.25) is 9.54 Å². The van der Waals surface area contributed by atoms with Crippen LogP contribution in [-0.2, 0) is 24.1 Å². The highest BCUT2D eigenvalue weighted by Gasteiger charge is 2.20. The predicted molar refractivity (Wildman–Crippen MR) is 136 cm³/mol. The van der Waals surface area contributed by atoms with Crippen molar-refractivity contribution < 1.29 is 8.76 Å². The fourth-order valence-corrected chi connectivity index (χ4v) is 5.36. The summed E-state index contributed by atoms with van der Waals surface area (Å²) in [5.74, 6) is 0.712. The lowest BCUT2D eigenvalue weighted by Crippen LogP contribution is -2.19. The van der Waals surface area contributed by atoms with Crippen LogP contribution in [0.25, 0.3) is 21.9 Å². The fourth-order valence-electron chi connectivity index (χ4n) is 3.81. The number of aromatic nitrogens is 3. The average Bonchev–Trinajstić information content (AvgIpc) is 3.18. The van der Waals surface area contributed by atoms with Crippen LogP contribution in [0.15, 0.2) is 84.1 Å². The van der Waals surface area contributed by atoms with Gasteiger partial charge in [0.25, 0.3) is 11.3 Å². The highest BCUT2D eigenvalue weighted by molar-refractivity contribution is 7.98. The van der Waals surface area contributed by atoms with Gasteiger partial charge in [-0.1, -0.05) is 42.1 Å².